The van der Waals surface area contributed by atoms with E-state index in [0.717, 1.165) is 34.4 Å². The van der Waals surface area contributed by atoms with Gasteiger partial charge in [-0.1, -0.05) is 46.9 Å². The zero-order chi connectivity index (χ0) is 13.5. The van der Waals surface area contributed by atoms with Crippen LogP contribution in [0.5, 0.6) is 0 Å². The monoisotopic (exact) mass is 333 g/mol. The van der Waals surface area contributed by atoms with Gasteiger partial charge in [-0.3, -0.25) is 0 Å². The van der Waals surface area contributed by atoms with Crippen molar-refractivity contribution in [1.82, 2.24) is 5.32 Å². The number of benzene rings is 1. The van der Waals surface area contributed by atoms with E-state index in [9.17, 15) is 0 Å². The molecule has 1 aromatic rings. The Bertz CT molecular complexity index is 373. The lowest BCUT2D eigenvalue weighted by molar-refractivity contribution is 0.249. The summed E-state index contributed by atoms with van der Waals surface area (Å²) in [6.45, 7) is 5.43. The number of aliphatic hydroxyl groups excluding tert-OH is 1. The first-order valence-electron chi connectivity index (χ1n) is 6.37. The molecule has 0 saturated carbocycles. The smallest absolute Gasteiger partial charge is 0.0464 e. The maximum Gasteiger partial charge on any atom is 0.0464 e. The third-order valence-electron chi connectivity index (χ3n) is 3.26. The molecule has 1 aromatic carbocycles. The van der Waals surface area contributed by atoms with Gasteiger partial charge in [-0.25, -0.2) is 0 Å². The number of halogens is 2. The molecule has 18 heavy (non-hydrogen) atoms. The predicted octanol–water partition coefficient (Wildman–Crippen LogP) is 4.16. The highest BCUT2D eigenvalue weighted by Gasteiger charge is 2.12. The minimum atomic E-state index is 0.221. The van der Waals surface area contributed by atoms with E-state index in [2.05, 4.69) is 35.1 Å². The molecular formula is C14H21BrClNO. The predicted molar refractivity (Wildman–Crippen MR) is 81.1 cm³/mol. The van der Waals surface area contributed by atoms with E-state index in [1.807, 2.05) is 18.2 Å². The Morgan fingerprint density at radius 2 is 2.17 bits per heavy atom. The summed E-state index contributed by atoms with van der Waals surface area (Å²) in [5.41, 5.74) is 1.11. The van der Waals surface area contributed by atoms with Gasteiger partial charge in [0.2, 0.25) is 0 Å². The minimum absolute atomic E-state index is 0.221. The van der Waals surface area contributed by atoms with Crippen molar-refractivity contribution in [2.75, 3.05) is 13.2 Å². The third-order valence-corrected chi connectivity index (χ3v) is 4.08. The van der Waals surface area contributed by atoms with E-state index in [0.29, 0.717) is 5.92 Å². The first kappa shape index (κ1) is 16.0. The molecule has 2 nitrogen and oxygen atoms in total. The molecule has 102 valence electrons. The van der Waals surface area contributed by atoms with Crippen LogP contribution in [0.3, 0.4) is 0 Å². The fourth-order valence-corrected chi connectivity index (χ4v) is 2.78. The normalized spacial score (nSPS) is 14.5. The molecule has 0 heterocycles. The molecule has 0 aromatic heterocycles. The Balaban J connectivity index is 2.56. The third kappa shape index (κ3) is 4.88. The van der Waals surface area contributed by atoms with E-state index < -0.39 is 0 Å². The van der Waals surface area contributed by atoms with Crippen molar-refractivity contribution in [1.29, 1.82) is 0 Å². The Morgan fingerprint density at radius 3 is 2.72 bits per heavy atom. The van der Waals surface area contributed by atoms with Crippen LogP contribution in [-0.2, 0) is 0 Å². The first-order valence-corrected chi connectivity index (χ1v) is 7.54. The fourth-order valence-electron chi connectivity index (χ4n) is 1.94. The second-order valence-corrected chi connectivity index (χ2v) is 5.91. The SMILES string of the molecule is CCC(CCO)CNC(C)c1ccc(Br)cc1Cl. The molecule has 0 aliphatic heterocycles. The molecule has 0 bridgehead atoms. The van der Waals surface area contributed by atoms with E-state index in [-0.39, 0.29) is 12.6 Å². The van der Waals surface area contributed by atoms with E-state index in [4.69, 9.17) is 16.7 Å². The first-order chi connectivity index (χ1) is 8.58. The molecule has 0 aliphatic rings. The summed E-state index contributed by atoms with van der Waals surface area (Å²) >= 11 is 9.63. The highest BCUT2D eigenvalue weighted by atomic mass is 79.9. The van der Waals surface area contributed by atoms with Crippen LogP contribution in [0, 0.1) is 5.92 Å². The van der Waals surface area contributed by atoms with Crippen molar-refractivity contribution in [3.05, 3.63) is 33.3 Å². The summed E-state index contributed by atoms with van der Waals surface area (Å²) in [4.78, 5) is 0. The van der Waals surface area contributed by atoms with E-state index >= 15 is 0 Å². The van der Waals surface area contributed by atoms with Crippen molar-refractivity contribution in [3.63, 3.8) is 0 Å². The quantitative estimate of drug-likeness (QED) is 0.784. The van der Waals surface area contributed by atoms with Crippen LogP contribution in [-0.4, -0.2) is 18.3 Å². The molecule has 0 spiro atoms. The van der Waals surface area contributed by atoms with Gasteiger partial charge < -0.3 is 10.4 Å². The number of nitrogens with one attached hydrogen (secondary N) is 1. The minimum Gasteiger partial charge on any atom is -0.396 e. The zero-order valence-corrected chi connectivity index (χ0v) is 13.3. The zero-order valence-electron chi connectivity index (χ0n) is 10.9. The lowest BCUT2D eigenvalue weighted by Crippen LogP contribution is -2.26. The van der Waals surface area contributed by atoms with Crippen LogP contribution in [0.25, 0.3) is 0 Å². The van der Waals surface area contributed by atoms with Crippen molar-refractivity contribution < 1.29 is 5.11 Å². The highest BCUT2D eigenvalue weighted by Crippen LogP contribution is 2.26. The van der Waals surface area contributed by atoms with Crippen molar-refractivity contribution in [3.8, 4) is 0 Å². The number of rotatable bonds is 7. The van der Waals surface area contributed by atoms with Crippen LogP contribution >= 0.6 is 27.5 Å². The molecular weight excluding hydrogens is 314 g/mol. The maximum atomic E-state index is 8.97. The Morgan fingerprint density at radius 1 is 1.44 bits per heavy atom. The van der Waals surface area contributed by atoms with Crippen molar-refractivity contribution in [2.45, 2.75) is 32.7 Å². The molecule has 0 amide bonds. The average Bonchev–Trinajstić information content (AvgIpc) is 2.34. The molecule has 0 saturated heterocycles. The summed E-state index contributed by atoms with van der Waals surface area (Å²) in [5.74, 6) is 0.520. The van der Waals surface area contributed by atoms with Crippen LogP contribution in [0.4, 0.5) is 0 Å². The fraction of sp³-hybridized carbons (Fsp3) is 0.571. The maximum absolute atomic E-state index is 8.97. The summed E-state index contributed by atoms with van der Waals surface area (Å²) in [7, 11) is 0. The van der Waals surface area contributed by atoms with Crippen LogP contribution in [0.2, 0.25) is 5.02 Å². The molecule has 4 heteroatoms. The molecule has 2 N–H and O–H groups in total. The lowest BCUT2D eigenvalue weighted by Gasteiger charge is -2.20. The van der Waals surface area contributed by atoms with Gasteiger partial charge in [0, 0.05) is 22.1 Å². The Labute approximate surface area is 123 Å². The number of aliphatic hydroxyl groups is 1. The van der Waals surface area contributed by atoms with Gasteiger partial charge in [0.05, 0.1) is 0 Å². The summed E-state index contributed by atoms with van der Waals surface area (Å²) in [6.07, 6.45) is 1.93. The van der Waals surface area contributed by atoms with Crippen LogP contribution in [0.15, 0.2) is 22.7 Å². The summed E-state index contributed by atoms with van der Waals surface area (Å²) in [6, 6.07) is 6.18. The standard InChI is InChI=1S/C14H21BrClNO/c1-3-11(6-7-18)9-17-10(2)13-5-4-12(15)8-14(13)16/h4-5,8,10-11,17-18H,3,6-7,9H2,1-2H3. The van der Waals surface area contributed by atoms with Crippen molar-refractivity contribution in [2.24, 2.45) is 5.92 Å². The average molecular weight is 335 g/mol. The molecule has 2 atom stereocenters. The number of hydrogen-bond acceptors (Lipinski definition) is 2. The Kier molecular flexibility index (Phi) is 7.23. The van der Waals surface area contributed by atoms with Crippen LogP contribution in [0.1, 0.15) is 38.3 Å². The largest absolute Gasteiger partial charge is 0.396 e. The Hall–Kier alpha value is -0.0900. The van der Waals surface area contributed by atoms with Gasteiger partial charge in [-0.15, -0.1) is 0 Å². The van der Waals surface area contributed by atoms with E-state index in [1.165, 1.54) is 0 Å². The molecule has 1 rings (SSSR count). The van der Waals surface area contributed by atoms with Gasteiger partial charge in [-0.05, 0) is 43.5 Å². The van der Waals surface area contributed by atoms with Gasteiger partial charge >= 0.3 is 0 Å². The van der Waals surface area contributed by atoms with Gasteiger partial charge in [0.1, 0.15) is 0 Å². The molecule has 0 aliphatic carbocycles. The summed E-state index contributed by atoms with van der Waals surface area (Å²) in [5, 5.41) is 13.2. The number of hydrogen-bond donors (Lipinski definition) is 2. The highest BCUT2D eigenvalue weighted by molar-refractivity contribution is 9.10. The molecule has 2 unspecified atom stereocenters. The van der Waals surface area contributed by atoms with Crippen LogP contribution < -0.4 is 5.32 Å². The topological polar surface area (TPSA) is 32.3 Å². The molecule has 0 radical (unpaired) electrons. The second kappa shape index (κ2) is 8.16. The van der Waals surface area contributed by atoms with Gasteiger partial charge in [-0.2, -0.15) is 0 Å². The van der Waals surface area contributed by atoms with Crippen molar-refractivity contribution >= 4 is 27.5 Å². The summed E-state index contributed by atoms with van der Waals surface area (Å²) < 4.78 is 0.996. The second-order valence-electron chi connectivity index (χ2n) is 4.58. The van der Waals surface area contributed by atoms with Gasteiger partial charge in [0.15, 0.2) is 0 Å². The molecule has 0 fully saturated rings. The lowest BCUT2D eigenvalue weighted by atomic mass is 10.0. The van der Waals surface area contributed by atoms with E-state index in [1.54, 1.807) is 0 Å². The van der Waals surface area contributed by atoms with Gasteiger partial charge in [0.25, 0.3) is 0 Å².